The van der Waals surface area contributed by atoms with Crippen LogP contribution in [0.15, 0.2) is 66.7 Å². The zero-order valence-electron chi connectivity index (χ0n) is 21.1. The second-order valence-electron chi connectivity index (χ2n) is 10.1. The summed E-state index contributed by atoms with van der Waals surface area (Å²) < 4.78 is 20.3. The van der Waals surface area contributed by atoms with Crippen LogP contribution in [0.4, 0.5) is 15.8 Å². The van der Waals surface area contributed by atoms with Crippen molar-refractivity contribution in [3.8, 4) is 5.75 Å². The molecule has 0 saturated carbocycles. The molecule has 188 valence electrons. The maximum atomic E-state index is 14.4. The maximum absolute atomic E-state index is 14.4. The van der Waals surface area contributed by atoms with Gasteiger partial charge in [0, 0.05) is 34.9 Å². The number of fused-ring (bicyclic) bond motifs is 1. The second-order valence-corrected chi connectivity index (χ2v) is 14.9. The van der Waals surface area contributed by atoms with Crippen molar-refractivity contribution in [2.45, 2.75) is 52.0 Å². The topological polar surface area (TPSA) is 49.9 Å². The first-order chi connectivity index (χ1) is 17.0. The molecule has 3 aromatic carbocycles. The van der Waals surface area contributed by atoms with Crippen LogP contribution in [0, 0.1) is 5.82 Å². The third-order valence-electron chi connectivity index (χ3n) is 6.13. The second kappa shape index (κ2) is 10.1. The van der Waals surface area contributed by atoms with E-state index in [1.807, 2.05) is 63.0 Å². The van der Waals surface area contributed by atoms with Crippen LogP contribution in [0.5, 0.6) is 5.75 Å². The van der Waals surface area contributed by atoms with Crippen LogP contribution in [0.1, 0.15) is 42.2 Å². The number of carbonyl (C=O) groups is 2. The molecule has 0 bridgehead atoms. The van der Waals surface area contributed by atoms with Crippen LogP contribution in [0.25, 0.3) is 0 Å². The maximum Gasteiger partial charge on any atom is 0.258 e. The quantitative estimate of drug-likeness (QED) is 0.331. The van der Waals surface area contributed by atoms with E-state index in [1.165, 1.54) is 25.1 Å². The molecular weight excluding hydrogens is 495 g/mol. The molecule has 4 rings (SSSR count). The average Bonchev–Trinajstić information content (AvgIpc) is 2.80. The lowest BCUT2D eigenvalue weighted by molar-refractivity contribution is -0.117. The van der Waals surface area contributed by atoms with E-state index in [0.29, 0.717) is 17.0 Å². The van der Waals surface area contributed by atoms with Gasteiger partial charge in [0.1, 0.15) is 5.75 Å². The van der Waals surface area contributed by atoms with Gasteiger partial charge in [-0.3, -0.25) is 9.59 Å². The number of nitrogens with zero attached hydrogens (tertiary/aromatic N) is 2. The van der Waals surface area contributed by atoms with Crippen molar-refractivity contribution >= 4 is 43.1 Å². The Labute approximate surface area is 217 Å². The van der Waals surface area contributed by atoms with Gasteiger partial charge in [-0.25, -0.2) is 4.39 Å². The molecule has 1 aliphatic heterocycles. The first kappa shape index (κ1) is 25.9. The van der Waals surface area contributed by atoms with E-state index >= 15 is 0 Å². The molecule has 1 heterocycles. The Morgan fingerprint density at radius 2 is 1.72 bits per heavy atom. The highest BCUT2D eigenvalue weighted by molar-refractivity contribution is 6.70. The summed E-state index contributed by atoms with van der Waals surface area (Å²) in [6, 6.07) is 18.6. The minimum Gasteiger partial charge on any atom is -0.542 e. The van der Waals surface area contributed by atoms with Gasteiger partial charge in [0.05, 0.1) is 6.04 Å². The van der Waals surface area contributed by atoms with Crippen molar-refractivity contribution in [2.75, 3.05) is 9.80 Å². The third-order valence-corrected chi connectivity index (χ3v) is 7.21. The fourth-order valence-corrected chi connectivity index (χ4v) is 5.64. The zero-order chi connectivity index (χ0) is 26.2. The summed E-state index contributed by atoms with van der Waals surface area (Å²) >= 11 is 6.08. The van der Waals surface area contributed by atoms with Gasteiger partial charge in [-0.2, -0.15) is 0 Å². The Bertz CT molecular complexity index is 1290. The van der Waals surface area contributed by atoms with Gasteiger partial charge < -0.3 is 14.2 Å². The molecule has 0 spiro atoms. The smallest absolute Gasteiger partial charge is 0.258 e. The lowest BCUT2D eigenvalue weighted by Gasteiger charge is -2.43. The monoisotopic (exact) mass is 524 g/mol. The highest BCUT2D eigenvalue weighted by atomic mass is 35.5. The number of amides is 2. The van der Waals surface area contributed by atoms with Crippen molar-refractivity contribution in [3.63, 3.8) is 0 Å². The fourth-order valence-electron chi connectivity index (χ4n) is 4.70. The molecule has 2 amide bonds. The first-order valence-corrected chi connectivity index (χ1v) is 15.7. The molecule has 1 aliphatic rings. The van der Waals surface area contributed by atoms with E-state index < -0.39 is 14.1 Å². The summed E-state index contributed by atoms with van der Waals surface area (Å²) in [4.78, 5) is 30.1. The predicted molar refractivity (Wildman–Crippen MR) is 145 cm³/mol. The van der Waals surface area contributed by atoms with E-state index in [9.17, 15) is 14.0 Å². The molecule has 36 heavy (non-hydrogen) atoms. The minimum absolute atomic E-state index is 0.0985. The summed E-state index contributed by atoms with van der Waals surface area (Å²) in [7, 11) is -2.08. The molecular formula is C28H30ClFN2O3Si. The van der Waals surface area contributed by atoms with Gasteiger partial charge in [-0.05, 0) is 87.1 Å². The Morgan fingerprint density at radius 3 is 2.36 bits per heavy atom. The molecule has 2 atom stereocenters. The summed E-state index contributed by atoms with van der Waals surface area (Å²) in [6.07, 6.45) is 0.532. The van der Waals surface area contributed by atoms with Crippen molar-refractivity contribution < 1.29 is 18.4 Å². The largest absolute Gasteiger partial charge is 0.542 e. The highest BCUT2D eigenvalue weighted by Gasteiger charge is 2.38. The summed E-state index contributed by atoms with van der Waals surface area (Å²) in [5.74, 6) is -0.729. The van der Waals surface area contributed by atoms with Crippen molar-refractivity contribution in [1.29, 1.82) is 0 Å². The molecule has 0 radical (unpaired) electrons. The lowest BCUT2D eigenvalue weighted by atomic mass is 9.89. The molecule has 3 aromatic rings. The van der Waals surface area contributed by atoms with Crippen LogP contribution in [-0.4, -0.2) is 26.2 Å². The lowest BCUT2D eigenvalue weighted by Crippen LogP contribution is -2.47. The number of hydrogen-bond acceptors (Lipinski definition) is 3. The van der Waals surface area contributed by atoms with Crippen LogP contribution < -0.4 is 14.2 Å². The average molecular weight is 525 g/mol. The number of hydrogen-bond donors (Lipinski definition) is 0. The Morgan fingerprint density at radius 1 is 1.06 bits per heavy atom. The highest BCUT2D eigenvalue weighted by Crippen LogP contribution is 2.43. The van der Waals surface area contributed by atoms with Gasteiger partial charge >= 0.3 is 0 Å². The molecule has 0 N–H and O–H groups in total. The normalized spacial score (nSPS) is 17.4. The SMILES string of the molecule is CC(=O)N(c1ccc(Cl)cc1)[C@@H]1C[C@H](C)N(C(=O)c2ccc(F)c(O[Si](C)(C)C)c2)c2ccccc21. The van der Waals surface area contributed by atoms with Gasteiger partial charge in [0.25, 0.3) is 5.91 Å². The van der Waals surface area contributed by atoms with E-state index in [0.717, 1.165) is 16.9 Å². The number of benzene rings is 3. The van der Waals surface area contributed by atoms with Gasteiger partial charge in [-0.1, -0.05) is 29.8 Å². The minimum atomic E-state index is -2.08. The molecule has 0 unspecified atom stereocenters. The van der Waals surface area contributed by atoms with Gasteiger partial charge in [0.15, 0.2) is 5.82 Å². The van der Waals surface area contributed by atoms with E-state index in [1.54, 1.807) is 21.9 Å². The van der Waals surface area contributed by atoms with Crippen molar-refractivity contribution in [1.82, 2.24) is 0 Å². The van der Waals surface area contributed by atoms with Crippen molar-refractivity contribution in [2.24, 2.45) is 0 Å². The number of para-hydroxylation sites is 1. The van der Waals surface area contributed by atoms with Crippen LogP contribution in [0.3, 0.4) is 0 Å². The molecule has 0 saturated heterocycles. The number of rotatable bonds is 5. The summed E-state index contributed by atoms with van der Waals surface area (Å²) in [5.41, 5.74) is 2.69. The standard InChI is InChI=1S/C28H30ClFN2O3Si/c1-18-16-26(32(19(2)33)22-13-11-21(29)12-14-22)23-8-6-7-9-25(23)31(18)28(34)20-10-15-24(30)27(17-20)35-36(3,4)5/h6-15,17-18,26H,16H2,1-5H3/t18-,26+/m0/s1. The van der Waals surface area contributed by atoms with Crippen molar-refractivity contribution in [3.05, 3.63) is 88.7 Å². The number of carbonyl (C=O) groups excluding carboxylic acids is 2. The fraction of sp³-hybridized carbons (Fsp3) is 0.286. The van der Waals surface area contributed by atoms with Crippen LogP contribution in [0.2, 0.25) is 24.7 Å². The number of halogens is 2. The van der Waals surface area contributed by atoms with E-state index in [-0.39, 0.29) is 29.6 Å². The summed E-state index contributed by atoms with van der Waals surface area (Å²) in [6.45, 7) is 9.39. The molecule has 5 nitrogen and oxygen atoms in total. The zero-order valence-corrected chi connectivity index (χ0v) is 22.8. The Balaban J connectivity index is 1.74. The van der Waals surface area contributed by atoms with E-state index in [4.69, 9.17) is 16.0 Å². The third kappa shape index (κ3) is 5.32. The number of anilines is 2. The summed E-state index contributed by atoms with van der Waals surface area (Å²) in [5, 5.41) is 0.591. The Hall–Kier alpha value is -3.16. The molecule has 8 heteroatoms. The van der Waals surface area contributed by atoms with Crippen LogP contribution in [-0.2, 0) is 4.79 Å². The molecule has 0 fully saturated rings. The predicted octanol–water partition coefficient (Wildman–Crippen LogP) is 7.23. The van der Waals surface area contributed by atoms with Gasteiger partial charge in [-0.15, -0.1) is 0 Å². The van der Waals surface area contributed by atoms with Crippen LogP contribution >= 0.6 is 11.6 Å². The Kier molecular flexibility index (Phi) is 7.25. The molecule has 0 aliphatic carbocycles. The van der Waals surface area contributed by atoms with Gasteiger partial charge in [0.2, 0.25) is 14.2 Å². The first-order valence-electron chi connectivity index (χ1n) is 11.9. The molecule has 0 aromatic heterocycles. The van der Waals surface area contributed by atoms with E-state index in [2.05, 4.69) is 0 Å².